The predicted molar refractivity (Wildman–Crippen MR) is 92.3 cm³/mol. The van der Waals surface area contributed by atoms with Gasteiger partial charge >= 0.3 is 0 Å². The monoisotopic (exact) mass is 325 g/mol. The molecule has 1 aliphatic carbocycles. The Hall–Kier alpha value is -0.610. The molecule has 0 aromatic carbocycles. The van der Waals surface area contributed by atoms with E-state index >= 15 is 0 Å². The minimum absolute atomic E-state index is 0.00672. The van der Waals surface area contributed by atoms with Crippen molar-refractivity contribution in [1.82, 2.24) is 5.32 Å². The molecule has 1 spiro atoms. The number of aliphatic hydroxyl groups is 1. The van der Waals surface area contributed by atoms with E-state index in [9.17, 15) is 9.90 Å². The fourth-order valence-electron chi connectivity index (χ4n) is 4.51. The molecule has 2 fully saturated rings. The van der Waals surface area contributed by atoms with Crippen molar-refractivity contribution in [2.75, 3.05) is 6.61 Å². The highest BCUT2D eigenvalue weighted by Gasteiger charge is 2.39. The lowest BCUT2D eigenvalue weighted by atomic mass is 9.78. The number of hydrogen-bond acceptors (Lipinski definition) is 3. The highest BCUT2D eigenvalue weighted by molar-refractivity contribution is 5.77. The molecular weight excluding hydrogens is 290 g/mol. The second kappa shape index (κ2) is 8.48. The Balaban J connectivity index is 1.86. The van der Waals surface area contributed by atoms with Crippen LogP contribution in [0, 0.1) is 0 Å². The van der Waals surface area contributed by atoms with Gasteiger partial charge in [-0.3, -0.25) is 4.79 Å². The van der Waals surface area contributed by atoms with Crippen LogP contribution < -0.4 is 5.32 Å². The fraction of sp³-hybridized carbons (Fsp3) is 0.947. The molecule has 1 amide bonds. The molecular formula is C19H35NO3. The first kappa shape index (κ1) is 18.7. The summed E-state index contributed by atoms with van der Waals surface area (Å²) >= 11 is 0. The molecule has 1 heterocycles. The van der Waals surface area contributed by atoms with Crippen molar-refractivity contribution in [3.8, 4) is 0 Å². The molecule has 4 nitrogen and oxygen atoms in total. The molecule has 0 bridgehead atoms. The molecule has 0 aromatic heterocycles. The lowest BCUT2D eigenvalue weighted by molar-refractivity contribution is -0.133. The molecule has 2 rings (SSSR count). The maximum absolute atomic E-state index is 12.4. The molecule has 1 atom stereocenters. The molecule has 0 radical (unpaired) electrons. The number of carbonyl (C=O) groups is 1. The highest BCUT2D eigenvalue weighted by Crippen LogP contribution is 2.38. The van der Waals surface area contributed by atoms with Gasteiger partial charge in [0, 0.05) is 12.6 Å². The average Bonchev–Trinajstić information content (AvgIpc) is 2.48. The van der Waals surface area contributed by atoms with Crippen molar-refractivity contribution in [1.29, 1.82) is 0 Å². The normalized spacial score (nSPS) is 24.6. The van der Waals surface area contributed by atoms with Gasteiger partial charge in [-0.05, 0) is 38.5 Å². The number of hydrogen-bond donors (Lipinski definition) is 2. The molecule has 1 unspecified atom stereocenters. The van der Waals surface area contributed by atoms with Crippen LogP contribution in [-0.2, 0) is 9.53 Å². The van der Waals surface area contributed by atoms with Crippen LogP contribution in [0.1, 0.15) is 90.9 Å². The van der Waals surface area contributed by atoms with E-state index in [4.69, 9.17) is 4.74 Å². The van der Waals surface area contributed by atoms with Gasteiger partial charge in [0.2, 0.25) is 5.91 Å². The summed E-state index contributed by atoms with van der Waals surface area (Å²) in [6, 6.07) is 0.210. The van der Waals surface area contributed by atoms with Crippen LogP contribution >= 0.6 is 0 Å². The smallest absolute Gasteiger partial charge is 0.223 e. The standard InChI is InChI=1S/C19H35NO3/c1-3-9-18(22,10-4-2)15-17(21)20-16-8-13-23-19(14-16)11-6-5-7-12-19/h16,22H,3-15H2,1-2H3,(H,20,21). The minimum Gasteiger partial charge on any atom is -0.389 e. The van der Waals surface area contributed by atoms with Gasteiger partial charge in [0.15, 0.2) is 0 Å². The Kier molecular flexibility index (Phi) is 6.90. The van der Waals surface area contributed by atoms with Gasteiger partial charge in [-0.1, -0.05) is 46.0 Å². The van der Waals surface area contributed by atoms with Crippen LogP contribution in [0.25, 0.3) is 0 Å². The summed E-state index contributed by atoms with van der Waals surface area (Å²) in [6.07, 6.45) is 11.4. The largest absolute Gasteiger partial charge is 0.389 e. The summed E-state index contributed by atoms with van der Waals surface area (Å²) in [5.74, 6) is 0.00672. The number of ether oxygens (including phenoxy) is 1. The first-order chi connectivity index (χ1) is 11.0. The van der Waals surface area contributed by atoms with Crippen LogP contribution in [0.5, 0.6) is 0 Å². The van der Waals surface area contributed by atoms with Gasteiger partial charge < -0.3 is 15.2 Å². The molecule has 2 aliphatic rings. The molecule has 134 valence electrons. The van der Waals surface area contributed by atoms with E-state index in [0.717, 1.165) is 45.1 Å². The molecule has 1 aliphatic heterocycles. The van der Waals surface area contributed by atoms with Gasteiger partial charge in [-0.2, -0.15) is 0 Å². The van der Waals surface area contributed by atoms with Crippen molar-refractivity contribution in [3.05, 3.63) is 0 Å². The third kappa shape index (κ3) is 5.46. The number of nitrogens with one attached hydrogen (secondary N) is 1. The Morgan fingerprint density at radius 1 is 1.22 bits per heavy atom. The van der Waals surface area contributed by atoms with Gasteiger partial charge in [-0.25, -0.2) is 0 Å². The van der Waals surface area contributed by atoms with Gasteiger partial charge in [0.1, 0.15) is 0 Å². The SMILES string of the molecule is CCCC(O)(CCC)CC(=O)NC1CCOC2(CCCCC2)C1. The molecule has 2 N–H and O–H groups in total. The van der Waals surface area contributed by atoms with Crippen molar-refractivity contribution in [3.63, 3.8) is 0 Å². The number of amides is 1. The zero-order valence-corrected chi connectivity index (χ0v) is 15.0. The average molecular weight is 325 g/mol. The Bertz CT molecular complexity index is 365. The summed E-state index contributed by atoms with van der Waals surface area (Å²) in [5, 5.41) is 13.9. The maximum atomic E-state index is 12.4. The zero-order valence-electron chi connectivity index (χ0n) is 15.0. The van der Waals surface area contributed by atoms with E-state index in [2.05, 4.69) is 19.2 Å². The van der Waals surface area contributed by atoms with Crippen LogP contribution in [0.15, 0.2) is 0 Å². The first-order valence-electron chi connectivity index (χ1n) is 9.66. The predicted octanol–water partition coefficient (Wildman–Crippen LogP) is 3.71. The fourth-order valence-corrected chi connectivity index (χ4v) is 4.51. The molecule has 0 aromatic rings. The Labute approximate surface area is 141 Å². The van der Waals surface area contributed by atoms with Crippen molar-refractivity contribution in [2.45, 2.75) is 108 Å². The van der Waals surface area contributed by atoms with Crippen LogP contribution in [-0.4, -0.2) is 34.9 Å². The van der Waals surface area contributed by atoms with Gasteiger partial charge in [0.05, 0.1) is 17.6 Å². The van der Waals surface area contributed by atoms with Gasteiger partial charge in [0.25, 0.3) is 0 Å². The summed E-state index contributed by atoms with van der Waals surface area (Å²) in [5.41, 5.74) is -0.821. The minimum atomic E-state index is -0.832. The van der Waals surface area contributed by atoms with E-state index in [1.165, 1.54) is 19.3 Å². The van der Waals surface area contributed by atoms with Crippen molar-refractivity contribution < 1.29 is 14.6 Å². The molecule has 1 saturated carbocycles. The molecule has 1 saturated heterocycles. The summed E-state index contributed by atoms with van der Waals surface area (Å²) in [4.78, 5) is 12.4. The highest BCUT2D eigenvalue weighted by atomic mass is 16.5. The van der Waals surface area contributed by atoms with Crippen LogP contribution in [0.4, 0.5) is 0 Å². The summed E-state index contributed by atoms with van der Waals surface area (Å²) in [6.45, 7) is 4.87. The Morgan fingerprint density at radius 3 is 2.48 bits per heavy atom. The van der Waals surface area contributed by atoms with E-state index in [0.29, 0.717) is 12.8 Å². The van der Waals surface area contributed by atoms with E-state index in [-0.39, 0.29) is 24.0 Å². The van der Waals surface area contributed by atoms with E-state index in [1.807, 2.05) is 0 Å². The summed E-state index contributed by atoms with van der Waals surface area (Å²) in [7, 11) is 0. The lowest BCUT2D eigenvalue weighted by Crippen LogP contribution is -2.50. The molecule has 23 heavy (non-hydrogen) atoms. The number of carbonyl (C=O) groups excluding carboxylic acids is 1. The third-order valence-electron chi connectivity index (χ3n) is 5.54. The number of rotatable bonds is 7. The molecule has 4 heteroatoms. The lowest BCUT2D eigenvalue weighted by Gasteiger charge is -2.43. The topological polar surface area (TPSA) is 58.6 Å². The van der Waals surface area contributed by atoms with Gasteiger partial charge in [-0.15, -0.1) is 0 Å². The maximum Gasteiger partial charge on any atom is 0.223 e. The van der Waals surface area contributed by atoms with Crippen molar-refractivity contribution >= 4 is 5.91 Å². The third-order valence-corrected chi connectivity index (χ3v) is 5.54. The van der Waals surface area contributed by atoms with Crippen LogP contribution in [0.3, 0.4) is 0 Å². The second-order valence-corrected chi connectivity index (χ2v) is 7.75. The quantitative estimate of drug-likeness (QED) is 0.750. The summed E-state index contributed by atoms with van der Waals surface area (Å²) < 4.78 is 6.10. The zero-order chi connectivity index (χ0) is 16.8. The van der Waals surface area contributed by atoms with E-state index in [1.54, 1.807) is 0 Å². The van der Waals surface area contributed by atoms with Crippen LogP contribution in [0.2, 0.25) is 0 Å². The first-order valence-corrected chi connectivity index (χ1v) is 9.66. The van der Waals surface area contributed by atoms with E-state index < -0.39 is 5.60 Å². The second-order valence-electron chi connectivity index (χ2n) is 7.75. The van der Waals surface area contributed by atoms with Crippen molar-refractivity contribution in [2.24, 2.45) is 0 Å². The Morgan fingerprint density at radius 2 is 1.87 bits per heavy atom.